The van der Waals surface area contributed by atoms with Gasteiger partial charge in [0.1, 0.15) is 11.8 Å². The number of phenolic OH excluding ortho intramolecular Hbond substituents is 1. The topological polar surface area (TPSA) is 110 Å². The Morgan fingerprint density at radius 3 is 2.60 bits per heavy atom. The van der Waals surface area contributed by atoms with Crippen LogP contribution in [0.25, 0.3) is 11.1 Å². The van der Waals surface area contributed by atoms with E-state index in [2.05, 4.69) is 0 Å². The Bertz CT molecular complexity index is 641. The number of benzene rings is 2. The van der Waals surface area contributed by atoms with Crippen molar-refractivity contribution in [2.75, 3.05) is 5.73 Å². The normalized spacial score (nSPS) is 12.1. The molecule has 0 aromatic heterocycles. The smallest absolute Gasteiger partial charge is 0.320 e. The highest BCUT2D eigenvalue weighted by atomic mass is 16.4. The molecule has 0 amide bonds. The van der Waals surface area contributed by atoms with Gasteiger partial charge in [0.15, 0.2) is 0 Å². The fourth-order valence-electron chi connectivity index (χ4n) is 2.00. The number of hydrogen-bond acceptors (Lipinski definition) is 4. The molecular formula is C15H16N2O3. The van der Waals surface area contributed by atoms with Gasteiger partial charge in [-0.05, 0) is 41.8 Å². The van der Waals surface area contributed by atoms with E-state index in [0.29, 0.717) is 5.69 Å². The molecule has 0 aliphatic rings. The first-order valence-electron chi connectivity index (χ1n) is 6.13. The van der Waals surface area contributed by atoms with Gasteiger partial charge in [0.2, 0.25) is 0 Å². The summed E-state index contributed by atoms with van der Waals surface area (Å²) in [5, 5.41) is 18.4. The van der Waals surface area contributed by atoms with Gasteiger partial charge in [0.05, 0.1) is 0 Å². The average molecular weight is 272 g/mol. The number of carboxylic acids is 1. The molecule has 2 rings (SSSR count). The third kappa shape index (κ3) is 3.07. The molecule has 0 saturated carbocycles. The van der Waals surface area contributed by atoms with E-state index >= 15 is 0 Å². The maximum atomic E-state index is 10.8. The predicted molar refractivity (Wildman–Crippen MR) is 77.3 cm³/mol. The number of nitrogens with two attached hydrogens (primary N) is 2. The van der Waals surface area contributed by atoms with Crippen molar-refractivity contribution in [2.24, 2.45) is 5.73 Å². The lowest BCUT2D eigenvalue weighted by Crippen LogP contribution is -2.32. The molecule has 5 heteroatoms. The van der Waals surface area contributed by atoms with Crippen LogP contribution in [0.5, 0.6) is 5.75 Å². The third-order valence-corrected chi connectivity index (χ3v) is 3.05. The van der Waals surface area contributed by atoms with Crippen LogP contribution < -0.4 is 11.5 Å². The molecule has 20 heavy (non-hydrogen) atoms. The minimum absolute atomic E-state index is 0.148. The average Bonchev–Trinajstić information content (AvgIpc) is 2.40. The summed E-state index contributed by atoms with van der Waals surface area (Å²) < 4.78 is 0. The molecule has 2 aromatic carbocycles. The standard InChI is InChI=1S/C15H16N2O3/c16-13-5-4-9(7-14(17)15(19)20)6-12(13)10-2-1-3-11(18)8-10/h1-6,8,14,18H,7,16-17H2,(H,19,20). The maximum Gasteiger partial charge on any atom is 0.320 e. The van der Waals surface area contributed by atoms with Crippen LogP contribution in [-0.4, -0.2) is 22.2 Å². The molecule has 0 spiro atoms. The minimum atomic E-state index is -1.04. The van der Waals surface area contributed by atoms with Gasteiger partial charge in [-0.1, -0.05) is 18.2 Å². The van der Waals surface area contributed by atoms with Crippen LogP contribution in [0.2, 0.25) is 0 Å². The number of carbonyl (C=O) groups is 1. The van der Waals surface area contributed by atoms with E-state index in [1.165, 1.54) is 0 Å². The van der Waals surface area contributed by atoms with E-state index in [4.69, 9.17) is 16.6 Å². The van der Waals surface area contributed by atoms with Crippen LogP contribution in [-0.2, 0) is 11.2 Å². The van der Waals surface area contributed by atoms with Gasteiger partial charge in [-0.15, -0.1) is 0 Å². The van der Waals surface area contributed by atoms with Crippen molar-refractivity contribution < 1.29 is 15.0 Å². The summed E-state index contributed by atoms with van der Waals surface area (Å²) in [5.74, 6) is -0.893. The minimum Gasteiger partial charge on any atom is -0.508 e. The van der Waals surface area contributed by atoms with Crippen molar-refractivity contribution in [3.05, 3.63) is 48.0 Å². The van der Waals surface area contributed by atoms with Crippen LogP contribution in [0.4, 0.5) is 5.69 Å². The van der Waals surface area contributed by atoms with Crippen molar-refractivity contribution in [1.29, 1.82) is 0 Å². The molecule has 0 radical (unpaired) electrons. The molecule has 2 aromatic rings. The highest BCUT2D eigenvalue weighted by Gasteiger charge is 2.13. The second-order valence-corrected chi connectivity index (χ2v) is 4.62. The molecule has 0 saturated heterocycles. The van der Waals surface area contributed by atoms with E-state index in [9.17, 15) is 9.90 Å². The largest absolute Gasteiger partial charge is 0.508 e. The molecule has 1 atom stereocenters. The van der Waals surface area contributed by atoms with E-state index in [1.54, 1.807) is 36.4 Å². The van der Waals surface area contributed by atoms with Crippen LogP contribution in [0.3, 0.4) is 0 Å². The molecule has 104 valence electrons. The second-order valence-electron chi connectivity index (χ2n) is 4.62. The van der Waals surface area contributed by atoms with Gasteiger partial charge in [-0.3, -0.25) is 4.79 Å². The van der Waals surface area contributed by atoms with Crippen molar-refractivity contribution >= 4 is 11.7 Å². The van der Waals surface area contributed by atoms with Crippen LogP contribution in [0, 0.1) is 0 Å². The quantitative estimate of drug-likeness (QED) is 0.632. The first-order chi connectivity index (χ1) is 9.47. The monoisotopic (exact) mass is 272 g/mol. The van der Waals surface area contributed by atoms with E-state index in [0.717, 1.165) is 16.7 Å². The van der Waals surface area contributed by atoms with Crippen LogP contribution >= 0.6 is 0 Å². The van der Waals surface area contributed by atoms with E-state index in [1.807, 2.05) is 6.07 Å². The SMILES string of the molecule is Nc1ccc(CC(N)C(=O)O)cc1-c1cccc(O)c1. The zero-order valence-corrected chi connectivity index (χ0v) is 10.8. The fraction of sp³-hybridized carbons (Fsp3) is 0.133. The van der Waals surface area contributed by atoms with E-state index < -0.39 is 12.0 Å². The van der Waals surface area contributed by atoms with Gasteiger partial charge in [0, 0.05) is 11.3 Å². The highest BCUT2D eigenvalue weighted by molar-refractivity contribution is 5.78. The summed E-state index contributed by atoms with van der Waals surface area (Å²) in [7, 11) is 0. The number of carboxylic acid groups (broad SMARTS) is 1. The number of phenols is 1. The Labute approximate surface area is 116 Å². The lowest BCUT2D eigenvalue weighted by molar-refractivity contribution is -0.138. The van der Waals surface area contributed by atoms with Gasteiger partial charge in [-0.25, -0.2) is 0 Å². The molecule has 6 N–H and O–H groups in total. The molecule has 5 nitrogen and oxygen atoms in total. The lowest BCUT2D eigenvalue weighted by atomic mass is 9.98. The molecule has 0 aliphatic carbocycles. The molecule has 0 aliphatic heterocycles. The number of rotatable bonds is 4. The van der Waals surface area contributed by atoms with Crippen molar-refractivity contribution in [1.82, 2.24) is 0 Å². The number of aliphatic carboxylic acids is 1. The van der Waals surface area contributed by atoms with Gasteiger partial charge in [0.25, 0.3) is 0 Å². The Hall–Kier alpha value is -2.53. The van der Waals surface area contributed by atoms with Gasteiger partial charge < -0.3 is 21.7 Å². The second kappa shape index (κ2) is 5.63. The molecule has 0 bridgehead atoms. The number of hydrogen-bond donors (Lipinski definition) is 4. The first-order valence-corrected chi connectivity index (χ1v) is 6.13. The lowest BCUT2D eigenvalue weighted by Gasteiger charge is -2.11. The van der Waals surface area contributed by atoms with Crippen LogP contribution in [0.1, 0.15) is 5.56 Å². The summed E-state index contributed by atoms with van der Waals surface area (Å²) in [6.45, 7) is 0. The summed E-state index contributed by atoms with van der Waals surface area (Å²) in [5.41, 5.74) is 14.3. The maximum absolute atomic E-state index is 10.8. The Morgan fingerprint density at radius 2 is 1.95 bits per heavy atom. The summed E-state index contributed by atoms with van der Waals surface area (Å²) in [4.78, 5) is 10.8. The first kappa shape index (κ1) is 13.9. The number of nitrogen functional groups attached to an aromatic ring is 1. The number of aromatic hydroxyl groups is 1. The summed E-state index contributed by atoms with van der Waals surface area (Å²) >= 11 is 0. The highest BCUT2D eigenvalue weighted by Crippen LogP contribution is 2.29. The summed E-state index contributed by atoms with van der Waals surface area (Å²) in [6.07, 6.45) is 0.224. The zero-order valence-electron chi connectivity index (χ0n) is 10.8. The molecule has 1 unspecified atom stereocenters. The van der Waals surface area contributed by atoms with Gasteiger partial charge in [-0.2, -0.15) is 0 Å². The fourth-order valence-corrected chi connectivity index (χ4v) is 2.00. The zero-order chi connectivity index (χ0) is 14.7. The van der Waals surface area contributed by atoms with Crippen molar-refractivity contribution in [2.45, 2.75) is 12.5 Å². The van der Waals surface area contributed by atoms with Crippen molar-refractivity contribution in [3.63, 3.8) is 0 Å². The Balaban J connectivity index is 2.36. The predicted octanol–water partition coefficient (Wildman–Crippen LogP) is 1.60. The van der Waals surface area contributed by atoms with Crippen molar-refractivity contribution in [3.8, 4) is 16.9 Å². The van der Waals surface area contributed by atoms with Gasteiger partial charge >= 0.3 is 5.97 Å². The van der Waals surface area contributed by atoms with Crippen LogP contribution in [0.15, 0.2) is 42.5 Å². The number of anilines is 1. The Morgan fingerprint density at radius 1 is 1.20 bits per heavy atom. The Kier molecular flexibility index (Phi) is 3.91. The van der Waals surface area contributed by atoms with E-state index in [-0.39, 0.29) is 12.2 Å². The molecule has 0 heterocycles. The molecule has 0 fully saturated rings. The summed E-state index contributed by atoms with van der Waals surface area (Å²) in [6, 6.07) is 11.0. The molecular weight excluding hydrogens is 256 g/mol. The third-order valence-electron chi connectivity index (χ3n) is 3.05.